The fraction of sp³-hybridized carbons (Fsp3) is 0.586. The molecular weight excluding hydrogens is 692 g/mol. The molecule has 0 aromatic heterocycles. The lowest BCUT2D eigenvalue weighted by Gasteiger charge is -2.33. The summed E-state index contributed by atoms with van der Waals surface area (Å²) in [6, 6.07) is 0. The number of amides is 3. The van der Waals surface area contributed by atoms with Crippen molar-refractivity contribution in [3.8, 4) is 0 Å². The van der Waals surface area contributed by atoms with Crippen LogP contribution in [-0.4, -0.2) is 147 Å². The van der Waals surface area contributed by atoms with Crippen LogP contribution in [0.4, 0.5) is 14.4 Å². The number of hydrogen-bond donors (Lipinski definition) is 3. The molecule has 50 heavy (non-hydrogen) atoms. The van der Waals surface area contributed by atoms with Gasteiger partial charge < -0.3 is 53.4 Å². The fourth-order valence-corrected chi connectivity index (χ4v) is 2.82. The molecule has 0 aromatic rings. The Morgan fingerprint density at radius 3 is 1.00 bits per heavy atom. The van der Waals surface area contributed by atoms with Gasteiger partial charge in [0.2, 0.25) is 10.4 Å². The van der Waals surface area contributed by atoms with Crippen molar-refractivity contribution >= 4 is 46.6 Å². The third kappa shape index (κ3) is 28.3. The minimum atomic E-state index is -4.41. The molecule has 0 saturated carbocycles. The van der Waals surface area contributed by atoms with E-state index in [1.807, 2.05) is 0 Å². The molecule has 0 unspecified atom stereocenters. The van der Waals surface area contributed by atoms with Crippen LogP contribution in [0.1, 0.15) is 20.8 Å². The number of quaternary nitrogens is 1. The van der Waals surface area contributed by atoms with Crippen molar-refractivity contribution in [2.75, 3.05) is 93.1 Å². The summed E-state index contributed by atoms with van der Waals surface area (Å²) >= 11 is 0. The van der Waals surface area contributed by atoms with E-state index in [4.69, 9.17) is 28.4 Å². The first-order chi connectivity index (χ1) is 23.2. The van der Waals surface area contributed by atoms with Gasteiger partial charge in [-0.25, -0.2) is 37.2 Å². The van der Waals surface area contributed by atoms with Crippen LogP contribution < -0.4 is 16.0 Å². The zero-order valence-corrected chi connectivity index (χ0v) is 29.8. The van der Waals surface area contributed by atoms with Crippen molar-refractivity contribution in [1.29, 1.82) is 0 Å². The summed E-state index contributed by atoms with van der Waals surface area (Å²) < 4.78 is 61.4. The van der Waals surface area contributed by atoms with E-state index in [0.717, 1.165) is 7.11 Å². The van der Waals surface area contributed by atoms with E-state index in [9.17, 15) is 41.7 Å². The molecule has 0 saturated heterocycles. The highest BCUT2D eigenvalue weighted by molar-refractivity contribution is 7.80. The minimum absolute atomic E-state index is 0.0333. The van der Waals surface area contributed by atoms with Crippen molar-refractivity contribution < 1.29 is 78.8 Å². The summed E-state index contributed by atoms with van der Waals surface area (Å²) in [5, 5.41) is 7.36. The second-order valence-corrected chi connectivity index (χ2v) is 11.5. The molecule has 3 N–H and O–H groups in total. The lowest BCUT2D eigenvalue weighted by Crippen LogP contribution is -2.51. The Morgan fingerprint density at radius 1 is 0.560 bits per heavy atom. The van der Waals surface area contributed by atoms with E-state index in [0.29, 0.717) is 0 Å². The van der Waals surface area contributed by atoms with Gasteiger partial charge in [0.05, 0.1) is 33.8 Å². The van der Waals surface area contributed by atoms with Crippen LogP contribution in [0, 0.1) is 0 Å². The molecule has 0 radical (unpaired) electrons. The number of nitrogens with zero attached hydrogens (tertiary/aromatic N) is 1. The van der Waals surface area contributed by atoms with Crippen LogP contribution in [0.15, 0.2) is 36.5 Å². The second-order valence-electron chi connectivity index (χ2n) is 10.3. The summed E-state index contributed by atoms with van der Waals surface area (Å²) in [5.74, 6) is -1.72. The lowest BCUT2D eigenvalue weighted by atomic mass is 10.3. The van der Waals surface area contributed by atoms with Crippen molar-refractivity contribution in [2.24, 2.45) is 0 Å². The van der Waals surface area contributed by atoms with Gasteiger partial charge in [-0.05, 0) is 20.8 Å². The van der Waals surface area contributed by atoms with E-state index < -0.39 is 46.6 Å². The predicted octanol–water partition coefficient (Wildman–Crippen LogP) is 0.0625. The van der Waals surface area contributed by atoms with Gasteiger partial charge in [-0.15, -0.1) is 0 Å². The number of alkyl carbamates (subject to hydrolysis) is 3. The molecule has 286 valence electrons. The largest absolute Gasteiger partial charge is 0.726 e. The van der Waals surface area contributed by atoms with Crippen molar-refractivity contribution in [3.05, 3.63) is 36.5 Å². The average molecular weight is 741 g/mol. The van der Waals surface area contributed by atoms with Gasteiger partial charge in [0.25, 0.3) is 0 Å². The van der Waals surface area contributed by atoms with Gasteiger partial charge in [-0.2, -0.15) is 0 Å². The molecule has 3 amide bonds. The molecule has 0 aliphatic carbocycles. The monoisotopic (exact) mass is 740 g/mol. The van der Waals surface area contributed by atoms with Crippen LogP contribution in [-0.2, 0) is 57.4 Å². The first-order valence-corrected chi connectivity index (χ1v) is 16.1. The standard InChI is InChI=1S/C28H44N4O12.CH4O4S/c1-20(2)23(33)39-14-8-29-26(36)42-17-11-32(7,12-18-43-27(37)30-9-15-40-24(34)21(3)4)13-19-44-28(38)31-10-16-41-25(35)22(5)6;1-5-6(2,3)4/h1,3,5,8-19H2,2,4,6-7H3,(H2-,29,30,31,36,37,38);1H3,(H,2,3,4). The molecule has 20 nitrogen and oxygen atoms in total. The van der Waals surface area contributed by atoms with Gasteiger partial charge in [-0.3, -0.25) is 4.18 Å². The molecule has 0 aliphatic heterocycles. The fourth-order valence-electron chi connectivity index (χ4n) is 2.82. The Bertz CT molecular complexity index is 1160. The Morgan fingerprint density at radius 2 is 0.800 bits per heavy atom. The number of rotatable bonds is 22. The number of esters is 3. The molecular formula is C29H48N4O16S. The first-order valence-electron chi connectivity index (χ1n) is 14.8. The van der Waals surface area contributed by atoms with Gasteiger partial charge in [-0.1, -0.05) is 19.7 Å². The Balaban J connectivity index is 0. The SMILES string of the molecule is C=C(C)C(=O)OCCNC(=O)OCC[N+](C)(CCOC(=O)NCCOC(=O)C(=C)C)CCOC(=O)NCCOC(=O)C(=C)C.COS(=O)(=O)[O-]. The molecule has 0 heterocycles. The van der Waals surface area contributed by atoms with E-state index in [2.05, 4.69) is 39.9 Å². The second kappa shape index (κ2) is 26.2. The zero-order valence-electron chi connectivity index (χ0n) is 29.0. The Hall–Kier alpha value is -4.73. The third-order valence-corrected chi connectivity index (χ3v) is 6.06. The Kier molecular flexibility index (Phi) is 24.8. The summed E-state index contributed by atoms with van der Waals surface area (Å²) in [7, 11) is -1.82. The van der Waals surface area contributed by atoms with Gasteiger partial charge >= 0.3 is 36.2 Å². The molecule has 0 aliphatic rings. The topological polar surface area (TPSA) is 260 Å². The highest BCUT2D eigenvalue weighted by atomic mass is 32.3. The zero-order chi connectivity index (χ0) is 38.8. The number of carbonyl (C=O) groups excluding carboxylic acids is 6. The normalized spacial score (nSPS) is 10.5. The molecule has 0 bridgehead atoms. The quantitative estimate of drug-likeness (QED) is 0.0252. The maximum absolute atomic E-state index is 12.0. The number of carbonyl (C=O) groups is 6. The van der Waals surface area contributed by atoms with Gasteiger partial charge in [0, 0.05) is 16.7 Å². The number of likely N-dealkylation sites (N-methyl/N-ethyl adjacent to an activating group) is 1. The van der Waals surface area contributed by atoms with Crippen molar-refractivity contribution in [1.82, 2.24) is 16.0 Å². The third-order valence-electron chi connectivity index (χ3n) is 5.66. The van der Waals surface area contributed by atoms with Crippen LogP contribution in [0.2, 0.25) is 0 Å². The number of hydrogen-bond acceptors (Lipinski definition) is 16. The van der Waals surface area contributed by atoms with Crippen LogP contribution in [0.5, 0.6) is 0 Å². The van der Waals surface area contributed by atoms with Crippen LogP contribution in [0.3, 0.4) is 0 Å². The summed E-state index contributed by atoms with van der Waals surface area (Å²) in [5.41, 5.74) is 0.710. The lowest BCUT2D eigenvalue weighted by molar-refractivity contribution is -0.909. The molecule has 0 aromatic carbocycles. The molecule has 0 atom stereocenters. The van der Waals surface area contributed by atoms with E-state index in [1.54, 1.807) is 7.05 Å². The van der Waals surface area contributed by atoms with E-state index in [1.165, 1.54) is 20.8 Å². The minimum Gasteiger partial charge on any atom is -0.726 e. The molecule has 0 rings (SSSR count). The molecule has 0 spiro atoms. The summed E-state index contributed by atoms with van der Waals surface area (Å²) in [6.07, 6.45) is -2.18. The van der Waals surface area contributed by atoms with Gasteiger partial charge in [0.15, 0.2) is 0 Å². The maximum atomic E-state index is 12.0. The number of ether oxygens (including phenoxy) is 6. The number of nitrogens with one attached hydrogen (secondary N) is 3. The molecule has 0 fully saturated rings. The first kappa shape index (κ1) is 47.4. The highest BCUT2D eigenvalue weighted by Gasteiger charge is 2.24. The molecule has 21 heteroatoms. The summed E-state index contributed by atoms with van der Waals surface area (Å²) in [6.45, 7) is 15.5. The predicted molar refractivity (Wildman–Crippen MR) is 173 cm³/mol. The maximum Gasteiger partial charge on any atom is 0.407 e. The van der Waals surface area contributed by atoms with Crippen molar-refractivity contribution in [3.63, 3.8) is 0 Å². The summed E-state index contributed by atoms with van der Waals surface area (Å²) in [4.78, 5) is 70.1. The van der Waals surface area contributed by atoms with Crippen molar-refractivity contribution in [2.45, 2.75) is 20.8 Å². The average Bonchev–Trinajstić information content (AvgIpc) is 3.02. The highest BCUT2D eigenvalue weighted by Crippen LogP contribution is 2.04. The van der Waals surface area contributed by atoms with E-state index in [-0.39, 0.29) is 100 Å². The van der Waals surface area contributed by atoms with Crippen LogP contribution >= 0.6 is 0 Å². The smallest absolute Gasteiger partial charge is 0.407 e. The van der Waals surface area contributed by atoms with Gasteiger partial charge in [0.1, 0.15) is 59.3 Å². The van der Waals surface area contributed by atoms with E-state index >= 15 is 0 Å². The Labute approximate surface area is 291 Å². The van der Waals surface area contributed by atoms with Crippen LogP contribution in [0.25, 0.3) is 0 Å².